The van der Waals surface area contributed by atoms with Crippen LogP contribution in [0.1, 0.15) is 135 Å². The Kier molecular flexibility index (Phi) is 14.3. The van der Waals surface area contributed by atoms with Crippen molar-refractivity contribution in [1.82, 2.24) is 0 Å². The van der Waals surface area contributed by atoms with E-state index in [4.69, 9.17) is 27.9 Å². The predicted molar refractivity (Wildman–Crippen MR) is 217 cm³/mol. The van der Waals surface area contributed by atoms with Gasteiger partial charge < -0.3 is 27.9 Å². The summed E-state index contributed by atoms with van der Waals surface area (Å²) in [6, 6.07) is 16.6. The first-order valence-electron chi connectivity index (χ1n) is 18.7. The van der Waals surface area contributed by atoms with Crippen molar-refractivity contribution in [3.8, 4) is 0 Å². The lowest BCUT2D eigenvalue weighted by Gasteiger charge is -2.32. The lowest BCUT2D eigenvalue weighted by molar-refractivity contribution is 0.00578. The molecule has 3 aliphatic heterocycles. The third-order valence-corrected chi connectivity index (χ3v) is 11.1. The van der Waals surface area contributed by atoms with Gasteiger partial charge in [0.1, 0.15) is 5.82 Å². The van der Waals surface area contributed by atoms with Gasteiger partial charge in [-0.25, -0.2) is 4.39 Å². The van der Waals surface area contributed by atoms with Crippen molar-refractivity contribution in [3.05, 3.63) is 94.0 Å². The van der Waals surface area contributed by atoms with Gasteiger partial charge in [-0.05, 0) is 150 Å². The van der Waals surface area contributed by atoms with E-state index in [0.717, 1.165) is 29.4 Å². The Bertz CT molecular complexity index is 1510. The summed E-state index contributed by atoms with van der Waals surface area (Å²) in [5, 5.41) is 0. The van der Waals surface area contributed by atoms with Gasteiger partial charge in [0.25, 0.3) is 0 Å². The highest BCUT2D eigenvalue weighted by Gasteiger charge is 2.53. The van der Waals surface area contributed by atoms with Gasteiger partial charge in [0.15, 0.2) is 0 Å². The van der Waals surface area contributed by atoms with Crippen molar-refractivity contribution in [2.45, 2.75) is 157 Å². The maximum absolute atomic E-state index is 12.9. The Morgan fingerprint density at radius 3 is 1.13 bits per heavy atom. The third kappa shape index (κ3) is 11.1. The molecule has 6 nitrogen and oxygen atoms in total. The first kappa shape index (κ1) is 43.9. The smallest absolute Gasteiger partial charge is 0.400 e. The van der Waals surface area contributed by atoms with Crippen LogP contribution < -0.4 is 0 Å². The van der Waals surface area contributed by atoms with Crippen LogP contribution in [0.5, 0.6) is 0 Å². The maximum Gasteiger partial charge on any atom is 0.490 e. The van der Waals surface area contributed by atoms with Gasteiger partial charge in [0.2, 0.25) is 0 Å². The van der Waals surface area contributed by atoms with Crippen molar-refractivity contribution in [2.75, 3.05) is 0 Å². The zero-order valence-electron chi connectivity index (χ0n) is 34.9. The van der Waals surface area contributed by atoms with Gasteiger partial charge >= 0.3 is 21.4 Å². The van der Waals surface area contributed by atoms with Crippen LogP contribution in [-0.4, -0.2) is 55.0 Å². The molecule has 0 aliphatic carbocycles. The number of allylic oxidation sites excluding steroid dienone is 4. The maximum atomic E-state index is 12.9. The molecule has 52 heavy (non-hydrogen) atoms. The molecule has 0 bridgehead atoms. The Balaban J connectivity index is 0.000000212. The molecule has 2 aromatic rings. The molecule has 3 saturated heterocycles. The van der Waals surface area contributed by atoms with Crippen LogP contribution in [0.25, 0.3) is 12.2 Å². The summed E-state index contributed by atoms with van der Waals surface area (Å²) in [5.74, 6) is -0.231. The molecule has 0 radical (unpaired) electrons. The standard InChI is InChI=1S/C15H20BFO2.C15H21BO2.C12H23BO2/c1-11(10-12-6-8-13(17)9-7-12)16-18-14(2,3)15(4,5)19-16;1-12(11-13-9-7-6-8-10-13)16-17-14(2,3)15(4,5)18-16;1-7-8-9-10(2)13-14-11(3,4)12(5,6)15-13/h6-10H,1-5H3;6-11H,1-5H3;9H,7-8H2,1-6H3/b11-10-;12-11-;10-9-. The fourth-order valence-corrected chi connectivity index (χ4v) is 5.33. The number of rotatable bonds is 7. The van der Waals surface area contributed by atoms with Crippen LogP contribution in [-0.2, 0) is 27.9 Å². The molecule has 2 aromatic carbocycles. The molecule has 0 spiro atoms. The molecule has 0 saturated carbocycles. The fourth-order valence-electron chi connectivity index (χ4n) is 5.33. The zero-order valence-corrected chi connectivity index (χ0v) is 34.9. The minimum atomic E-state index is -0.352. The van der Waals surface area contributed by atoms with E-state index in [-0.39, 0.29) is 60.8 Å². The summed E-state index contributed by atoms with van der Waals surface area (Å²) in [5.41, 5.74) is 3.70. The van der Waals surface area contributed by atoms with Crippen LogP contribution in [0.3, 0.4) is 0 Å². The molecule has 0 atom stereocenters. The minimum Gasteiger partial charge on any atom is -0.400 e. The fraction of sp³-hybridized carbons (Fsp3) is 0.571. The van der Waals surface area contributed by atoms with Crippen molar-refractivity contribution in [3.63, 3.8) is 0 Å². The Hall–Kier alpha value is -2.46. The van der Waals surface area contributed by atoms with Crippen LogP contribution in [0.4, 0.5) is 4.39 Å². The second-order valence-electron chi connectivity index (χ2n) is 17.2. The molecule has 3 heterocycles. The Morgan fingerprint density at radius 2 is 0.808 bits per heavy atom. The summed E-state index contributed by atoms with van der Waals surface area (Å²) in [6.45, 7) is 33.0. The summed E-state index contributed by atoms with van der Waals surface area (Å²) >= 11 is 0. The lowest BCUT2D eigenvalue weighted by Crippen LogP contribution is -2.41. The second-order valence-corrected chi connectivity index (χ2v) is 17.2. The van der Waals surface area contributed by atoms with E-state index in [1.54, 1.807) is 12.1 Å². The molecule has 284 valence electrons. The highest BCUT2D eigenvalue weighted by molar-refractivity contribution is 6.56. The van der Waals surface area contributed by atoms with Crippen molar-refractivity contribution in [2.24, 2.45) is 0 Å². The normalized spacial score (nSPS) is 22.8. The highest BCUT2D eigenvalue weighted by atomic mass is 19.1. The first-order valence-corrected chi connectivity index (χ1v) is 18.7. The van der Waals surface area contributed by atoms with E-state index < -0.39 is 0 Å². The number of halogens is 1. The van der Waals surface area contributed by atoms with Gasteiger partial charge in [-0.2, -0.15) is 0 Å². The van der Waals surface area contributed by atoms with Crippen molar-refractivity contribution < 1.29 is 32.3 Å². The van der Waals surface area contributed by atoms with Crippen LogP contribution in [0, 0.1) is 5.82 Å². The average Bonchev–Trinajstić information content (AvgIpc) is 3.51. The molecule has 0 amide bonds. The third-order valence-electron chi connectivity index (χ3n) is 11.1. The number of benzene rings is 2. The SMILES string of the molecule is C/C(=C/c1ccc(F)cc1)B1OC(C)(C)C(C)(C)O1.C/C(=C/c1ccccc1)B1OC(C)(C)C(C)(C)O1.CCC/C=C(/C)B1OC(C)(C)C(C)(C)O1. The average molecular weight is 716 g/mol. The summed E-state index contributed by atoms with van der Waals surface area (Å²) in [6.07, 6.45) is 8.54. The van der Waals surface area contributed by atoms with E-state index in [9.17, 15) is 4.39 Å². The molecular formula is C42H64B3FO6. The second kappa shape index (κ2) is 16.9. The molecule has 5 rings (SSSR count). The number of hydrogen-bond donors (Lipinski definition) is 0. The molecular weight excluding hydrogens is 652 g/mol. The van der Waals surface area contributed by atoms with Gasteiger partial charge in [0.05, 0.1) is 33.6 Å². The molecule has 0 N–H and O–H groups in total. The molecule has 0 aromatic heterocycles. The minimum absolute atomic E-state index is 0.165. The van der Waals surface area contributed by atoms with Gasteiger partial charge in [-0.3, -0.25) is 0 Å². The molecule has 3 fully saturated rings. The monoisotopic (exact) mass is 716 g/mol. The molecule has 10 heteroatoms. The first-order chi connectivity index (χ1) is 23.8. The van der Waals surface area contributed by atoms with E-state index in [0.29, 0.717) is 0 Å². The van der Waals surface area contributed by atoms with Crippen LogP contribution >= 0.6 is 0 Å². The van der Waals surface area contributed by atoms with Gasteiger partial charge in [-0.1, -0.05) is 74.0 Å². The molecule has 0 unspecified atom stereocenters. The van der Waals surface area contributed by atoms with Gasteiger partial charge in [-0.15, -0.1) is 0 Å². The van der Waals surface area contributed by atoms with Crippen molar-refractivity contribution in [1.29, 1.82) is 0 Å². The van der Waals surface area contributed by atoms with Crippen LogP contribution in [0.15, 0.2) is 77.1 Å². The van der Waals surface area contributed by atoms with Gasteiger partial charge in [0, 0.05) is 0 Å². The van der Waals surface area contributed by atoms with Crippen LogP contribution in [0.2, 0.25) is 0 Å². The Labute approximate surface area is 316 Å². The number of hydrogen-bond acceptors (Lipinski definition) is 6. The predicted octanol–water partition coefficient (Wildman–Crippen LogP) is 10.9. The largest absolute Gasteiger partial charge is 0.490 e. The topological polar surface area (TPSA) is 55.4 Å². The molecule has 3 aliphatic rings. The highest BCUT2D eigenvalue weighted by Crippen LogP contribution is 2.40. The van der Waals surface area contributed by atoms with E-state index in [1.165, 1.54) is 23.2 Å². The summed E-state index contributed by atoms with van der Waals surface area (Å²) in [4.78, 5) is 0. The van der Waals surface area contributed by atoms with E-state index in [2.05, 4.69) is 100 Å². The summed E-state index contributed by atoms with van der Waals surface area (Å²) < 4.78 is 48.7. The number of unbranched alkanes of at least 4 members (excludes halogenated alkanes) is 1. The Morgan fingerprint density at radius 1 is 0.500 bits per heavy atom. The zero-order chi connectivity index (χ0) is 39.3. The van der Waals surface area contributed by atoms with Crippen molar-refractivity contribution >= 4 is 33.5 Å². The van der Waals surface area contributed by atoms with E-state index >= 15 is 0 Å². The quantitative estimate of drug-likeness (QED) is 0.266. The lowest BCUT2D eigenvalue weighted by atomic mass is 9.78. The summed E-state index contributed by atoms with van der Waals surface area (Å²) in [7, 11) is -0.771. The van der Waals surface area contributed by atoms with E-state index in [1.807, 2.05) is 58.9 Å².